The predicted octanol–water partition coefficient (Wildman–Crippen LogP) is 2.35. The zero-order chi connectivity index (χ0) is 24.6. The van der Waals surface area contributed by atoms with E-state index in [1.54, 1.807) is 37.3 Å². The second-order valence-electron chi connectivity index (χ2n) is 7.66. The summed E-state index contributed by atoms with van der Waals surface area (Å²) in [6, 6.07) is 8.84. The van der Waals surface area contributed by atoms with Gasteiger partial charge in [-0.2, -0.15) is 0 Å². The third kappa shape index (κ3) is 8.71. The van der Waals surface area contributed by atoms with Crippen molar-refractivity contribution in [3.05, 3.63) is 47.3 Å². The van der Waals surface area contributed by atoms with Gasteiger partial charge in [-0.1, -0.05) is 44.2 Å². The third-order valence-corrected chi connectivity index (χ3v) is 6.63. The van der Waals surface area contributed by atoms with E-state index in [9.17, 15) is 28.9 Å². The van der Waals surface area contributed by atoms with Crippen molar-refractivity contribution >= 4 is 36.9 Å². The molecule has 1 unspecified atom stereocenters. The molecule has 2 rings (SSSR count). The van der Waals surface area contributed by atoms with Crippen molar-refractivity contribution in [1.29, 1.82) is 0 Å². The van der Waals surface area contributed by atoms with Crippen molar-refractivity contribution in [3.8, 4) is 10.4 Å². The van der Waals surface area contributed by atoms with Crippen LogP contribution in [0.25, 0.3) is 10.4 Å². The monoisotopic (exact) mass is 497 g/mol. The molecule has 3 atom stereocenters. The zero-order valence-corrected chi connectivity index (χ0v) is 20.2. The van der Waals surface area contributed by atoms with Gasteiger partial charge in [-0.15, -0.1) is 11.3 Å². The van der Waals surface area contributed by atoms with Gasteiger partial charge in [0.05, 0.1) is 6.04 Å². The van der Waals surface area contributed by atoms with E-state index in [0.29, 0.717) is 5.56 Å². The first kappa shape index (κ1) is 26.7. The second kappa shape index (κ2) is 12.1. The summed E-state index contributed by atoms with van der Waals surface area (Å²) in [7, 11) is -4.45. The summed E-state index contributed by atoms with van der Waals surface area (Å²) in [5, 5.41) is 18.4. The summed E-state index contributed by atoms with van der Waals surface area (Å²) in [6.45, 7) is 3.95. The van der Waals surface area contributed by atoms with Gasteiger partial charge >= 0.3 is 13.7 Å². The Morgan fingerprint density at radius 3 is 2.33 bits per heavy atom. The lowest BCUT2D eigenvalue weighted by atomic mass is 10.0. The molecule has 0 bridgehead atoms. The highest BCUT2D eigenvalue weighted by molar-refractivity contribution is 7.50. The number of carboxylic acid groups (broad SMARTS) is 1. The number of amides is 2. The standard InChI is InChI=1S/C21H28N3O7PS/c1-13(2)19(24-32(29,30)31-12-22-14(3)25)20(26)23-17(21(27)28)11-15-6-8-16(9-7-15)18-5-4-10-33-18/h4-10,13,17,19H,11-12H2,1-3H3,(H,22,25)(H,23,26)(H,27,28)(H2,24,29,30)/t17-,19-/m0/s1. The number of benzene rings is 1. The Bertz CT molecular complexity index is 996. The number of thiophene rings is 1. The maximum atomic E-state index is 12.8. The van der Waals surface area contributed by atoms with Gasteiger partial charge in [0, 0.05) is 18.2 Å². The first-order valence-electron chi connectivity index (χ1n) is 10.1. The van der Waals surface area contributed by atoms with Crippen LogP contribution in [-0.2, 0) is 29.9 Å². The lowest BCUT2D eigenvalue weighted by Gasteiger charge is -2.26. The molecule has 12 heteroatoms. The molecule has 0 saturated carbocycles. The Kier molecular flexibility index (Phi) is 9.75. The minimum absolute atomic E-state index is 0.0342. The molecule has 0 aliphatic carbocycles. The lowest BCUT2D eigenvalue weighted by molar-refractivity contribution is -0.142. The van der Waals surface area contributed by atoms with Crippen LogP contribution in [-0.4, -0.2) is 46.6 Å². The number of carbonyl (C=O) groups excluding carboxylic acids is 2. The van der Waals surface area contributed by atoms with Crippen LogP contribution in [0.2, 0.25) is 0 Å². The van der Waals surface area contributed by atoms with Crippen LogP contribution >= 0.6 is 19.1 Å². The van der Waals surface area contributed by atoms with Crippen LogP contribution in [0.5, 0.6) is 0 Å². The van der Waals surface area contributed by atoms with Gasteiger partial charge in [0.2, 0.25) is 11.8 Å². The highest BCUT2D eigenvalue weighted by Crippen LogP contribution is 2.37. The molecule has 0 fully saturated rings. The molecule has 0 aliphatic heterocycles. The van der Waals surface area contributed by atoms with Crippen LogP contribution in [0.15, 0.2) is 41.8 Å². The van der Waals surface area contributed by atoms with Crippen LogP contribution < -0.4 is 15.7 Å². The number of hydrogen-bond donors (Lipinski definition) is 5. The fraction of sp³-hybridized carbons (Fsp3) is 0.381. The van der Waals surface area contributed by atoms with E-state index in [-0.39, 0.29) is 6.42 Å². The van der Waals surface area contributed by atoms with E-state index < -0.39 is 50.3 Å². The number of carboxylic acids is 1. The molecule has 33 heavy (non-hydrogen) atoms. The number of nitrogens with one attached hydrogen (secondary N) is 3. The fourth-order valence-electron chi connectivity index (χ4n) is 2.89. The molecular formula is C21H28N3O7PS. The maximum Gasteiger partial charge on any atom is 0.405 e. The third-order valence-electron chi connectivity index (χ3n) is 4.63. The van der Waals surface area contributed by atoms with Gasteiger partial charge in [-0.05, 0) is 28.5 Å². The SMILES string of the molecule is CC(=O)NCOP(=O)(O)N[C@H](C(=O)N[C@@H](Cc1ccc(-c2cccs2)cc1)C(=O)O)C(C)C. The van der Waals surface area contributed by atoms with Crippen molar-refractivity contribution in [3.63, 3.8) is 0 Å². The predicted molar refractivity (Wildman–Crippen MR) is 124 cm³/mol. The molecule has 2 aromatic rings. The van der Waals surface area contributed by atoms with Gasteiger partial charge in [0.15, 0.2) is 0 Å². The molecule has 0 radical (unpaired) electrons. The van der Waals surface area contributed by atoms with Crippen molar-refractivity contribution < 1.29 is 33.5 Å². The molecule has 1 aromatic heterocycles. The number of hydrogen-bond acceptors (Lipinski definition) is 6. The van der Waals surface area contributed by atoms with E-state index in [2.05, 4.69) is 15.7 Å². The Labute approximate surface area is 195 Å². The first-order valence-corrected chi connectivity index (χ1v) is 12.6. The molecule has 10 nitrogen and oxygen atoms in total. The molecule has 5 N–H and O–H groups in total. The minimum Gasteiger partial charge on any atom is -0.480 e. The van der Waals surface area contributed by atoms with E-state index in [1.165, 1.54) is 6.92 Å². The molecule has 0 saturated heterocycles. The highest BCUT2D eigenvalue weighted by Gasteiger charge is 2.33. The molecule has 2 amide bonds. The van der Waals surface area contributed by atoms with Crippen molar-refractivity contribution in [2.24, 2.45) is 5.92 Å². The average molecular weight is 498 g/mol. The van der Waals surface area contributed by atoms with E-state index in [0.717, 1.165) is 10.4 Å². The highest BCUT2D eigenvalue weighted by atomic mass is 32.1. The Morgan fingerprint density at radius 2 is 1.82 bits per heavy atom. The van der Waals surface area contributed by atoms with E-state index >= 15 is 0 Å². The largest absolute Gasteiger partial charge is 0.480 e. The summed E-state index contributed by atoms with van der Waals surface area (Å²) >= 11 is 1.59. The topological polar surface area (TPSA) is 154 Å². The van der Waals surface area contributed by atoms with E-state index in [1.807, 2.05) is 29.6 Å². The van der Waals surface area contributed by atoms with Gasteiger partial charge in [0.25, 0.3) is 0 Å². The molecular weight excluding hydrogens is 469 g/mol. The zero-order valence-electron chi connectivity index (χ0n) is 18.5. The molecule has 1 aromatic carbocycles. The normalized spacial score (nSPS) is 14.8. The fourth-order valence-corrected chi connectivity index (χ4v) is 4.70. The summed E-state index contributed by atoms with van der Waals surface area (Å²) in [4.78, 5) is 46.5. The first-order chi connectivity index (χ1) is 15.5. The van der Waals surface area contributed by atoms with Gasteiger partial charge in [-0.3, -0.25) is 14.1 Å². The smallest absolute Gasteiger partial charge is 0.405 e. The van der Waals surface area contributed by atoms with Crippen LogP contribution in [0.3, 0.4) is 0 Å². The van der Waals surface area contributed by atoms with Crippen molar-refractivity contribution in [1.82, 2.24) is 15.7 Å². The lowest BCUT2D eigenvalue weighted by Crippen LogP contribution is -2.52. The summed E-state index contributed by atoms with van der Waals surface area (Å²) in [6.07, 6.45) is 0.0342. The number of carbonyl (C=O) groups is 3. The Hall–Kier alpha value is -2.56. The number of aliphatic carboxylic acids is 1. The van der Waals surface area contributed by atoms with E-state index in [4.69, 9.17) is 4.52 Å². The summed E-state index contributed by atoms with van der Waals surface area (Å²) < 4.78 is 17.0. The minimum atomic E-state index is -4.45. The van der Waals surface area contributed by atoms with Gasteiger partial charge in [0.1, 0.15) is 12.8 Å². The number of rotatable bonds is 12. The van der Waals surface area contributed by atoms with Gasteiger partial charge in [-0.25, -0.2) is 14.4 Å². The quantitative estimate of drug-likeness (QED) is 0.221. The van der Waals surface area contributed by atoms with Crippen molar-refractivity contribution in [2.75, 3.05) is 6.73 Å². The van der Waals surface area contributed by atoms with Crippen LogP contribution in [0, 0.1) is 5.92 Å². The maximum absolute atomic E-state index is 12.8. The van der Waals surface area contributed by atoms with Crippen LogP contribution in [0.4, 0.5) is 0 Å². The average Bonchev–Trinajstić information content (AvgIpc) is 3.26. The molecule has 0 aliphatic rings. The Balaban J connectivity index is 2.04. The molecule has 0 spiro atoms. The second-order valence-corrected chi connectivity index (χ2v) is 10.2. The van der Waals surface area contributed by atoms with Crippen LogP contribution in [0.1, 0.15) is 26.3 Å². The molecule has 180 valence electrons. The van der Waals surface area contributed by atoms with Gasteiger partial charge < -0.3 is 20.6 Å². The van der Waals surface area contributed by atoms with Crippen molar-refractivity contribution in [2.45, 2.75) is 39.3 Å². The molecule has 1 heterocycles. The Morgan fingerprint density at radius 1 is 1.15 bits per heavy atom. The summed E-state index contributed by atoms with van der Waals surface area (Å²) in [5.41, 5.74) is 1.72. The summed E-state index contributed by atoms with van der Waals surface area (Å²) in [5.74, 6) is -2.91.